The zero-order chi connectivity index (χ0) is 24.6. The van der Waals surface area contributed by atoms with Crippen molar-refractivity contribution < 1.29 is 33.0 Å². The van der Waals surface area contributed by atoms with Gasteiger partial charge in [0.2, 0.25) is 8.32 Å². The predicted octanol–water partition coefficient (Wildman–Crippen LogP) is 5.63. The van der Waals surface area contributed by atoms with Gasteiger partial charge in [-0.15, -0.1) is 0 Å². The van der Waals surface area contributed by atoms with Crippen molar-refractivity contribution in [2.45, 2.75) is 65.3 Å². The molecule has 0 saturated carbocycles. The topological polar surface area (TPSA) is 88.1 Å². The molecule has 0 unspecified atom stereocenters. The minimum Gasteiger partial charge on any atom is -0.544 e. The summed E-state index contributed by atoms with van der Waals surface area (Å²) in [6, 6.07) is 10.3. The molecule has 1 aliphatic rings. The summed E-state index contributed by atoms with van der Waals surface area (Å²) in [4.78, 5) is 35.9. The van der Waals surface area contributed by atoms with Gasteiger partial charge >= 0.3 is 11.9 Å². The highest BCUT2D eigenvalue weighted by molar-refractivity contribution is 6.74. The molecule has 176 valence electrons. The molecule has 0 radical (unpaired) electrons. The van der Waals surface area contributed by atoms with E-state index in [9.17, 15) is 14.4 Å². The summed E-state index contributed by atoms with van der Waals surface area (Å²) >= 11 is 0. The summed E-state index contributed by atoms with van der Waals surface area (Å²) < 4.78 is 22.7. The zero-order valence-electron chi connectivity index (χ0n) is 20.1. The third-order valence-corrected chi connectivity index (χ3v) is 10.3. The number of Topliss-reactive ketones (excluding diaryl/α,β-unsaturated/α-hetero) is 1. The molecule has 0 amide bonds. The quantitative estimate of drug-likeness (QED) is 0.318. The van der Waals surface area contributed by atoms with Gasteiger partial charge in [0.25, 0.3) is 0 Å². The smallest absolute Gasteiger partial charge is 0.308 e. The van der Waals surface area contributed by atoms with Crippen LogP contribution in [0.1, 0.15) is 63.1 Å². The third-order valence-electron chi connectivity index (χ3n) is 5.90. The first kappa shape index (κ1) is 24.5. The van der Waals surface area contributed by atoms with Gasteiger partial charge in [-0.3, -0.25) is 14.4 Å². The molecular weight excluding hydrogens is 440 g/mol. The predicted molar refractivity (Wildman–Crippen MR) is 126 cm³/mol. The Balaban J connectivity index is 1.89. The van der Waals surface area contributed by atoms with Gasteiger partial charge in [-0.2, -0.15) is 0 Å². The highest BCUT2D eigenvalue weighted by Gasteiger charge is 2.39. The van der Waals surface area contributed by atoms with Gasteiger partial charge < -0.3 is 18.6 Å². The first-order valence-corrected chi connectivity index (χ1v) is 13.7. The molecule has 0 aromatic heterocycles. The maximum absolute atomic E-state index is 13.0. The Labute approximate surface area is 195 Å². The van der Waals surface area contributed by atoms with Crippen LogP contribution in [0, 0.1) is 0 Å². The average molecular weight is 471 g/mol. The van der Waals surface area contributed by atoms with E-state index < -0.39 is 26.4 Å². The molecule has 2 aromatic carbocycles. The Morgan fingerprint density at radius 3 is 2.12 bits per heavy atom. The lowest BCUT2D eigenvalue weighted by molar-refractivity contribution is -0.132. The van der Waals surface area contributed by atoms with Gasteiger partial charge in [0.05, 0.1) is 6.42 Å². The van der Waals surface area contributed by atoms with E-state index in [-0.39, 0.29) is 40.1 Å². The molecule has 33 heavy (non-hydrogen) atoms. The summed E-state index contributed by atoms with van der Waals surface area (Å²) in [6.07, 6.45) is -0.457. The van der Waals surface area contributed by atoms with E-state index in [1.807, 2.05) is 24.3 Å². The van der Waals surface area contributed by atoms with Gasteiger partial charge in [-0.05, 0) is 35.8 Å². The number of ether oxygens (including phenoxy) is 3. The average Bonchev–Trinajstić information content (AvgIpc) is 2.65. The van der Waals surface area contributed by atoms with E-state index in [1.54, 1.807) is 0 Å². The van der Waals surface area contributed by atoms with Crippen molar-refractivity contribution in [2.75, 3.05) is 0 Å². The number of carbonyl (C=O) groups is 3. The van der Waals surface area contributed by atoms with Crippen LogP contribution in [0.2, 0.25) is 18.1 Å². The second kappa shape index (κ2) is 9.01. The van der Waals surface area contributed by atoms with Gasteiger partial charge in [-0.25, -0.2) is 0 Å². The molecular formula is C25H30O7Si. The van der Waals surface area contributed by atoms with Crippen LogP contribution in [-0.4, -0.2) is 26.0 Å². The molecule has 1 atom stereocenters. The van der Waals surface area contributed by atoms with Crippen LogP contribution >= 0.6 is 0 Å². The standard InChI is InChI=1S/C25H30O7Si/c1-15(26)29-19-12-22(30-16(2)27)24-20(28)14-21(31-23(24)13-19)17-8-10-18(11-9-17)32-33(6,7)25(3,4)5/h8-13,21H,14H2,1-7H3/t21-/m1/s1. The Morgan fingerprint density at radius 2 is 1.58 bits per heavy atom. The van der Waals surface area contributed by atoms with Gasteiger partial charge in [0.15, 0.2) is 5.78 Å². The van der Waals surface area contributed by atoms with Gasteiger partial charge in [0, 0.05) is 26.0 Å². The molecule has 0 N–H and O–H groups in total. The van der Waals surface area contributed by atoms with E-state index in [2.05, 4.69) is 33.9 Å². The van der Waals surface area contributed by atoms with Crippen molar-refractivity contribution in [3.63, 3.8) is 0 Å². The van der Waals surface area contributed by atoms with Crippen molar-refractivity contribution in [3.8, 4) is 23.0 Å². The fourth-order valence-corrected chi connectivity index (χ4v) is 4.27. The molecule has 0 aliphatic carbocycles. The maximum atomic E-state index is 13.0. The SMILES string of the molecule is CC(=O)Oc1cc(OC(C)=O)c2c(c1)O[C@@H](c1ccc(O[Si](C)(C)C(C)(C)C)cc1)CC2=O. The second-order valence-corrected chi connectivity index (χ2v) is 14.4. The highest BCUT2D eigenvalue weighted by atomic mass is 28.4. The van der Waals surface area contributed by atoms with E-state index >= 15 is 0 Å². The molecule has 1 heterocycles. The number of esters is 2. The van der Waals surface area contributed by atoms with E-state index in [0.29, 0.717) is 0 Å². The number of ketones is 1. The van der Waals surface area contributed by atoms with Crippen LogP contribution < -0.4 is 18.6 Å². The Hall–Kier alpha value is -3.13. The number of rotatable bonds is 5. The van der Waals surface area contributed by atoms with Gasteiger partial charge in [-0.1, -0.05) is 32.9 Å². The van der Waals surface area contributed by atoms with E-state index in [4.69, 9.17) is 18.6 Å². The molecule has 8 heteroatoms. The van der Waals surface area contributed by atoms with Crippen molar-refractivity contribution in [2.24, 2.45) is 0 Å². The number of carbonyl (C=O) groups excluding carboxylic acids is 3. The van der Waals surface area contributed by atoms with Crippen LogP contribution in [-0.2, 0) is 9.59 Å². The maximum Gasteiger partial charge on any atom is 0.308 e. The highest BCUT2D eigenvalue weighted by Crippen LogP contribution is 2.43. The fraction of sp³-hybridized carbons (Fsp3) is 0.400. The van der Waals surface area contributed by atoms with Crippen molar-refractivity contribution in [3.05, 3.63) is 47.5 Å². The van der Waals surface area contributed by atoms with Crippen LogP contribution in [0.5, 0.6) is 23.0 Å². The fourth-order valence-electron chi connectivity index (χ4n) is 3.24. The van der Waals surface area contributed by atoms with Crippen molar-refractivity contribution >= 4 is 26.0 Å². The molecule has 2 aromatic rings. The zero-order valence-corrected chi connectivity index (χ0v) is 21.1. The van der Waals surface area contributed by atoms with E-state index in [0.717, 1.165) is 11.3 Å². The summed E-state index contributed by atoms with van der Waals surface area (Å²) in [7, 11) is -1.97. The van der Waals surface area contributed by atoms with Crippen molar-refractivity contribution in [1.29, 1.82) is 0 Å². The van der Waals surface area contributed by atoms with Gasteiger partial charge in [0.1, 0.15) is 34.7 Å². The number of hydrogen-bond acceptors (Lipinski definition) is 7. The Morgan fingerprint density at radius 1 is 0.970 bits per heavy atom. The summed E-state index contributed by atoms with van der Waals surface area (Å²) in [5.74, 6) is -0.241. The Bertz CT molecular complexity index is 1080. The first-order chi connectivity index (χ1) is 15.3. The Kier molecular flexibility index (Phi) is 6.69. The first-order valence-electron chi connectivity index (χ1n) is 10.8. The lowest BCUT2D eigenvalue weighted by atomic mass is 9.95. The van der Waals surface area contributed by atoms with Crippen LogP contribution in [0.15, 0.2) is 36.4 Å². The minimum absolute atomic E-state index is 0.0119. The second-order valence-electron chi connectivity index (χ2n) is 9.65. The number of benzene rings is 2. The molecule has 0 fully saturated rings. The monoisotopic (exact) mass is 470 g/mol. The molecule has 7 nitrogen and oxygen atoms in total. The normalized spacial score (nSPS) is 15.8. The molecule has 1 aliphatic heterocycles. The van der Waals surface area contributed by atoms with Crippen LogP contribution in [0.4, 0.5) is 0 Å². The number of fused-ring (bicyclic) bond motifs is 1. The molecule has 0 spiro atoms. The lowest BCUT2D eigenvalue weighted by Crippen LogP contribution is -2.43. The largest absolute Gasteiger partial charge is 0.544 e. The number of hydrogen-bond donors (Lipinski definition) is 0. The molecule has 3 rings (SSSR count). The summed E-state index contributed by atoms with van der Waals surface area (Å²) in [6.45, 7) is 13.4. The van der Waals surface area contributed by atoms with Crippen LogP contribution in [0.3, 0.4) is 0 Å². The van der Waals surface area contributed by atoms with Crippen LogP contribution in [0.25, 0.3) is 0 Å². The molecule has 0 saturated heterocycles. The molecule has 0 bridgehead atoms. The summed E-state index contributed by atoms with van der Waals surface area (Å²) in [5, 5.41) is 0.0770. The van der Waals surface area contributed by atoms with Crippen molar-refractivity contribution in [1.82, 2.24) is 0 Å². The van der Waals surface area contributed by atoms with E-state index in [1.165, 1.54) is 26.0 Å². The lowest BCUT2D eigenvalue weighted by Gasteiger charge is -2.36. The summed E-state index contributed by atoms with van der Waals surface area (Å²) in [5.41, 5.74) is 0.971. The minimum atomic E-state index is -1.97. The third kappa shape index (κ3) is 5.62.